The van der Waals surface area contributed by atoms with Gasteiger partial charge in [-0.25, -0.2) is 0 Å². The number of rotatable bonds is 6. The minimum absolute atomic E-state index is 0.0522. The number of nitrogens with one attached hydrogen (secondary N) is 1. The van der Waals surface area contributed by atoms with Crippen molar-refractivity contribution >= 4 is 5.91 Å². The highest BCUT2D eigenvalue weighted by molar-refractivity contribution is 5.81. The van der Waals surface area contributed by atoms with E-state index in [1.165, 1.54) is 11.1 Å². The lowest BCUT2D eigenvalue weighted by molar-refractivity contribution is -0.128. The molecule has 0 bridgehead atoms. The topological polar surface area (TPSA) is 38.3 Å². The zero-order valence-electron chi connectivity index (χ0n) is 16.1. The lowest BCUT2D eigenvalue weighted by atomic mass is 10.00. The summed E-state index contributed by atoms with van der Waals surface area (Å²) in [6.45, 7) is 12.1. The van der Waals surface area contributed by atoms with Crippen LogP contribution < -0.4 is 10.1 Å². The third kappa shape index (κ3) is 4.85. The first-order valence-corrected chi connectivity index (χ1v) is 8.93. The van der Waals surface area contributed by atoms with Gasteiger partial charge in [0.15, 0.2) is 6.10 Å². The number of ether oxygens (including phenoxy) is 1. The second-order valence-corrected chi connectivity index (χ2v) is 6.87. The molecule has 0 aliphatic heterocycles. The summed E-state index contributed by atoms with van der Waals surface area (Å²) in [5.74, 6) is 0.707. The summed E-state index contributed by atoms with van der Waals surface area (Å²) in [5.41, 5.74) is 5.69. The quantitative estimate of drug-likeness (QED) is 0.808. The van der Waals surface area contributed by atoms with E-state index in [1.807, 2.05) is 45.9 Å². The zero-order chi connectivity index (χ0) is 18.6. The second kappa shape index (κ2) is 8.19. The molecule has 2 aromatic carbocycles. The Bertz CT molecular complexity index is 752. The summed E-state index contributed by atoms with van der Waals surface area (Å²) in [6, 6.07) is 12.3. The molecule has 1 N–H and O–H groups in total. The van der Waals surface area contributed by atoms with Crippen LogP contribution in [0, 0.1) is 27.7 Å². The minimum Gasteiger partial charge on any atom is -0.480 e. The third-order valence-corrected chi connectivity index (χ3v) is 4.54. The number of carbonyl (C=O) groups excluding carboxylic acids is 1. The van der Waals surface area contributed by atoms with Gasteiger partial charge < -0.3 is 10.1 Å². The van der Waals surface area contributed by atoms with Crippen LogP contribution in [0.4, 0.5) is 0 Å². The van der Waals surface area contributed by atoms with Crippen LogP contribution in [0.3, 0.4) is 0 Å². The van der Waals surface area contributed by atoms with Crippen molar-refractivity contribution < 1.29 is 9.53 Å². The molecular formula is C22H29NO2. The average molecular weight is 339 g/mol. The molecule has 2 aromatic rings. The summed E-state index contributed by atoms with van der Waals surface area (Å²) in [7, 11) is 0. The molecule has 2 atom stereocenters. The molecular weight excluding hydrogens is 310 g/mol. The van der Waals surface area contributed by atoms with Crippen molar-refractivity contribution in [3.63, 3.8) is 0 Å². The summed E-state index contributed by atoms with van der Waals surface area (Å²) in [6.07, 6.45) is 0.131. The van der Waals surface area contributed by atoms with Crippen molar-refractivity contribution in [3.8, 4) is 5.75 Å². The third-order valence-electron chi connectivity index (χ3n) is 4.54. The van der Waals surface area contributed by atoms with Crippen molar-refractivity contribution in [2.75, 3.05) is 0 Å². The van der Waals surface area contributed by atoms with Gasteiger partial charge in [-0.1, -0.05) is 42.8 Å². The van der Waals surface area contributed by atoms with E-state index in [1.54, 1.807) is 0 Å². The lowest BCUT2D eigenvalue weighted by Gasteiger charge is -2.23. The van der Waals surface area contributed by atoms with Gasteiger partial charge in [-0.15, -0.1) is 0 Å². The summed E-state index contributed by atoms with van der Waals surface area (Å²) >= 11 is 0. The Labute approximate surface area is 151 Å². The average Bonchev–Trinajstić information content (AvgIpc) is 2.57. The fraction of sp³-hybridized carbons (Fsp3) is 0.409. The second-order valence-electron chi connectivity index (χ2n) is 6.87. The Morgan fingerprint density at radius 3 is 2.24 bits per heavy atom. The number of hydrogen-bond donors (Lipinski definition) is 1. The molecule has 25 heavy (non-hydrogen) atoms. The lowest BCUT2D eigenvalue weighted by Crippen LogP contribution is -2.39. The van der Waals surface area contributed by atoms with Crippen LogP contribution in [0.25, 0.3) is 0 Å². The SMILES string of the molecule is CC[C@@H](Oc1cc(C)ccc1C)C(=O)N[C@@H](C)c1cc(C)ccc1C. The maximum Gasteiger partial charge on any atom is 0.261 e. The summed E-state index contributed by atoms with van der Waals surface area (Å²) < 4.78 is 6.02. The molecule has 134 valence electrons. The largest absolute Gasteiger partial charge is 0.480 e. The first-order valence-electron chi connectivity index (χ1n) is 8.93. The van der Waals surface area contributed by atoms with Crippen LogP contribution in [-0.4, -0.2) is 12.0 Å². The van der Waals surface area contributed by atoms with Gasteiger partial charge in [0.25, 0.3) is 5.91 Å². The molecule has 0 fully saturated rings. The number of benzene rings is 2. The van der Waals surface area contributed by atoms with Crippen molar-refractivity contribution in [1.29, 1.82) is 0 Å². The number of carbonyl (C=O) groups is 1. The van der Waals surface area contributed by atoms with Gasteiger partial charge in [-0.3, -0.25) is 4.79 Å². The first kappa shape index (κ1) is 19.0. The van der Waals surface area contributed by atoms with Crippen LogP contribution >= 0.6 is 0 Å². The molecule has 1 amide bonds. The molecule has 0 spiro atoms. The fourth-order valence-corrected chi connectivity index (χ4v) is 2.92. The van der Waals surface area contributed by atoms with E-state index < -0.39 is 6.10 Å². The maximum absolute atomic E-state index is 12.7. The molecule has 0 saturated carbocycles. The van der Waals surface area contributed by atoms with Crippen LogP contribution in [0.5, 0.6) is 5.75 Å². The van der Waals surface area contributed by atoms with Gasteiger partial charge in [-0.05, 0) is 69.4 Å². The molecule has 0 aliphatic rings. The number of hydrogen-bond acceptors (Lipinski definition) is 2. The highest BCUT2D eigenvalue weighted by Crippen LogP contribution is 2.23. The Kier molecular flexibility index (Phi) is 6.24. The predicted molar refractivity (Wildman–Crippen MR) is 103 cm³/mol. The van der Waals surface area contributed by atoms with E-state index >= 15 is 0 Å². The predicted octanol–water partition coefficient (Wildman–Crippen LogP) is 4.96. The van der Waals surface area contributed by atoms with E-state index in [4.69, 9.17) is 4.74 Å². The standard InChI is InChI=1S/C22H29NO2/c1-7-20(25-21-13-15(3)9-11-17(21)5)22(24)23-18(6)19-12-14(2)8-10-16(19)4/h8-13,18,20H,7H2,1-6H3,(H,23,24)/t18-,20+/m0/s1. The monoisotopic (exact) mass is 339 g/mol. The van der Waals surface area contributed by atoms with Crippen LogP contribution in [-0.2, 0) is 4.79 Å². The van der Waals surface area contributed by atoms with E-state index in [9.17, 15) is 4.79 Å². The Morgan fingerprint density at radius 1 is 1.00 bits per heavy atom. The number of aryl methyl sites for hydroxylation is 4. The van der Waals surface area contributed by atoms with Gasteiger partial charge in [0.05, 0.1) is 6.04 Å². The number of amides is 1. The Hall–Kier alpha value is -2.29. The molecule has 0 heterocycles. The molecule has 3 heteroatoms. The molecule has 0 aromatic heterocycles. The van der Waals surface area contributed by atoms with Gasteiger partial charge in [0.2, 0.25) is 0 Å². The highest BCUT2D eigenvalue weighted by atomic mass is 16.5. The van der Waals surface area contributed by atoms with Gasteiger partial charge in [0.1, 0.15) is 5.75 Å². The van der Waals surface area contributed by atoms with E-state index in [2.05, 4.69) is 37.4 Å². The van der Waals surface area contributed by atoms with Crippen molar-refractivity contribution in [2.45, 2.75) is 60.1 Å². The summed E-state index contributed by atoms with van der Waals surface area (Å²) in [4.78, 5) is 12.7. The molecule has 0 aliphatic carbocycles. The van der Waals surface area contributed by atoms with Gasteiger partial charge in [-0.2, -0.15) is 0 Å². The molecule has 3 nitrogen and oxygen atoms in total. The highest BCUT2D eigenvalue weighted by Gasteiger charge is 2.22. The fourth-order valence-electron chi connectivity index (χ4n) is 2.92. The summed E-state index contributed by atoms with van der Waals surface area (Å²) in [5, 5.41) is 3.11. The minimum atomic E-state index is -0.493. The van der Waals surface area contributed by atoms with Gasteiger partial charge in [0, 0.05) is 0 Å². The molecule has 2 rings (SSSR count). The van der Waals surface area contributed by atoms with Crippen molar-refractivity contribution in [2.24, 2.45) is 0 Å². The van der Waals surface area contributed by atoms with Crippen LogP contribution in [0.15, 0.2) is 36.4 Å². The van der Waals surface area contributed by atoms with Gasteiger partial charge >= 0.3 is 0 Å². The molecule has 0 radical (unpaired) electrons. The smallest absolute Gasteiger partial charge is 0.261 e. The Morgan fingerprint density at radius 2 is 1.60 bits per heavy atom. The van der Waals surface area contributed by atoms with E-state index in [0.29, 0.717) is 6.42 Å². The van der Waals surface area contributed by atoms with Crippen molar-refractivity contribution in [3.05, 3.63) is 64.2 Å². The normalized spacial score (nSPS) is 13.2. The van der Waals surface area contributed by atoms with Crippen LogP contribution in [0.1, 0.15) is 54.1 Å². The molecule has 0 saturated heterocycles. The first-order chi connectivity index (χ1) is 11.8. The Balaban J connectivity index is 2.11. The maximum atomic E-state index is 12.7. The van der Waals surface area contributed by atoms with E-state index in [-0.39, 0.29) is 11.9 Å². The van der Waals surface area contributed by atoms with Crippen molar-refractivity contribution in [1.82, 2.24) is 5.32 Å². The molecule has 0 unspecified atom stereocenters. The van der Waals surface area contributed by atoms with Crippen LogP contribution in [0.2, 0.25) is 0 Å². The zero-order valence-corrected chi connectivity index (χ0v) is 16.1. The van der Waals surface area contributed by atoms with E-state index in [0.717, 1.165) is 22.4 Å².